The average molecular weight is 399 g/mol. The summed E-state index contributed by atoms with van der Waals surface area (Å²) in [6, 6.07) is 7.76. The predicted molar refractivity (Wildman–Crippen MR) is 104 cm³/mol. The van der Waals surface area contributed by atoms with Gasteiger partial charge in [0.15, 0.2) is 11.5 Å². The summed E-state index contributed by atoms with van der Waals surface area (Å²) < 4.78 is 0. The zero-order valence-electron chi connectivity index (χ0n) is 14.3. The maximum absolute atomic E-state index is 11.1. The van der Waals surface area contributed by atoms with Crippen LogP contribution in [0.5, 0.6) is 0 Å². The number of aliphatic hydroxyl groups is 1. The standard InChI is InChI=1S/C18H15ClN6OS/c1-18(26,16-23-12(7-20)9-27-16)11-3-2-10-4-5-25(14(10)6-11)15-13(19)8-22-17(21)24-15/h2-3,6,8-9,26H,4-5H2,1H3,(H2,21,22,24). The quantitative estimate of drug-likeness (QED) is 0.697. The fourth-order valence-corrected chi connectivity index (χ4v) is 4.15. The van der Waals surface area contributed by atoms with Crippen LogP contribution in [0.3, 0.4) is 0 Å². The molecule has 9 heteroatoms. The van der Waals surface area contributed by atoms with E-state index in [2.05, 4.69) is 15.0 Å². The van der Waals surface area contributed by atoms with Crippen molar-refractivity contribution in [2.75, 3.05) is 17.2 Å². The first kappa shape index (κ1) is 17.7. The summed E-state index contributed by atoms with van der Waals surface area (Å²) in [5.74, 6) is 0.693. The van der Waals surface area contributed by atoms with Crippen molar-refractivity contribution in [3.63, 3.8) is 0 Å². The van der Waals surface area contributed by atoms with Crippen LogP contribution in [0, 0.1) is 11.3 Å². The molecule has 0 aliphatic carbocycles. The van der Waals surface area contributed by atoms with E-state index in [1.807, 2.05) is 29.2 Å². The highest BCUT2D eigenvalue weighted by Crippen LogP contribution is 2.40. The molecular formula is C18H15ClN6OS. The van der Waals surface area contributed by atoms with Crippen LogP contribution in [0.4, 0.5) is 17.5 Å². The van der Waals surface area contributed by atoms with Gasteiger partial charge in [-0.1, -0.05) is 23.7 Å². The molecule has 3 aromatic rings. The van der Waals surface area contributed by atoms with Gasteiger partial charge in [0.1, 0.15) is 21.7 Å². The number of nitrogen functional groups attached to an aromatic ring is 1. The Morgan fingerprint density at radius 2 is 2.22 bits per heavy atom. The van der Waals surface area contributed by atoms with Crippen molar-refractivity contribution in [3.8, 4) is 6.07 Å². The fraction of sp³-hybridized carbons (Fsp3) is 0.222. The number of hydrogen-bond acceptors (Lipinski definition) is 8. The maximum Gasteiger partial charge on any atom is 0.222 e. The first-order valence-electron chi connectivity index (χ1n) is 8.17. The van der Waals surface area contributed by atoms with Crippen molar-refractivity contribution >= 4 is 40.4 Å². The summed E-state index contributed by atoms with van der Waals surface area (Å²) in [4.78, 5) is 14.4. The van der Waals surface area contributed by atoms with E-state index in [-0.39, 0.29) is 5.95 Å². The van der Waals surface area contributed by atoms with E-state index in [0.717, 1.165) is 17.7 Å². The highest BCUT2D eigenvalue weighted by molar-refractivity contribution is 7.09. The van der Waals surface area contributed by atoms with Crippen LogP contribution in [-0.4, -0.2) is 26.6 Å². The Hall–Kier alpha value is -2.73. The number of aromatic nitrogens is 3. The summed E-state index contributed by atoms with van der Waals surface area (Å²) in [5, 5.41) is 22.6. The second-order valence-corrected chi connectivity index (χ2v) is 7.63. The molecule has 27 heavy (non-hydrogen) atoms. The number of halogens is 1. The summed E-state index contributed by atoms with van der Waals surface area (Å²) in [6.07, 6.45) is 2.31. The molecule has 136 valence electrons. The monoisotopic (exact) mass is 398 g/mol. The Kier molecular flexibility index (Phi) is 4.23. The molecule has 0 saturated heterocycles. The van der Waals surface area contributed by atoms with Crippen LogP contribution >= 0.6 is 22.9 Å². The van der Waals surface area contributed by atoms with Gasteiger partial charge < -0.3 is 15.7 Å². The fourth-order valence-electron chi connectivity index (χ4n) is 3.13. The lowest BCUT2D eigenvalue weighted by Gasteiger charge is -2.24. The maximum atomic E-state index is 11.1. The van der Waals surface area contributed by atoms with Crippen molar-refractivity contribution in [2.45, 2.75) is 18.9 Å². The molecule has 0 saturated carbocycles. The molecule has 0 fully saturated rings. The Balaban J connectivity index is 1.77. The van der Waals surface area contributed by atoms with Crippen LogP contribution in [0.1, 0.15) is 28.8 Å². The Labute approximate surface area is 164 Å². The summed E-state index contributed by atoms with van der Waals surface area (Å²) in [7, 11) is 0. The second kappa shape index (κ2) is 6.46. The minimum Gasteiger partial charge on any atom is -0.378 e. The van der Waals surface area contributed by atoms with Crippen LogP contribution in [0.25, 0.3) is 0 Å². The molecule has 4 rings (SSSR count). The first-order valence-corrected chi connectivity index (χ1v) is 9.43. The molecular weight excluding hydrogens is 384 g/mol. The largest absolute Gasteiger partial charge is 0.378 e. The third-order valence-corrected chi connectivity index (χ3v) is 5.90. The van der Waals surface area contributed by atoms with Gasteiger partial charge in [0.25, 0.3) is 0 Å². The van der Waals surface area contributed by atoms with E-state index in [1.165, 1.54) is 17.5 Å². The summed E-state index contributed by atoms with van der Waals surface area (Å²) >= 11 is 7.53. The van der Waals surface area contributed by atoms with Gasteiger partial charge >= 0.3 is 0 Å². The third kappa shape index (κ3) is 3.00. The Morgan fingerprint density at radius 1 is 1.41 bits per heavy atom. The van der Waals surface area contributed by atoms with Gasteiger partial charge in [-0.15, -0.1) is 11.3 Å². The number of hydrogen-bond donors (Lipinski definition) is 2. The molecule has 1 atom stereocenters. The molecule has 7 nitrogen and oxygen atoms in total. The lowest BCUT2D eigenvalue weighted by atomic mass is 9.94. The van der Waals surface area contributed by atoms with Gasteiger partial charge in [-0.3, -0.25) is 0 Å². The Bertz CT molecular complexity index is 1070. The number of nitrogens with zero attached hydrogens (tertiary/aromatic N) is 5. The second-order valence-electron chi connectivity index (χ2n) is 6.37. The van der Waals surface area contributed by atoms with Crippen LogP contribution in [0.15, 0.2) is 29.8 Å². The van der Waals surface area contributed by atoms with E-state index < -0.39 is 5.60 Å². The van der Waals surface area contributed by atoms with Crippen molar-refractivity contribution < 1.29 is 5.11 Å². The topological polar surface area (TPSA) is 112 Å². The minimum atomic E-state index is -1.32. The number of nitrogens with two attached hydrogens (primary N) is 1. The molecule has 0 spiro atoms. The van der Waals surface area contributed by atoms with Gasteiger partial charge in [-0.2, -0.15) is 10.2 Å². The molecule has 1 aliphatic rings. The zero-order chi connectivity index (χ0) is 19.2. The molecule has 3 N–H and O–H groups in total. The zero-order valence-corrected chi connectivity index (χ0v) is 15.9. The van der Waals surface area contributed by atoms with Crippen LogP contribution < -0.4 is 10.6 Å². The van der Waals surface area contributed by atoms with Gasteiger partial charge in [0, 0.05) is 17.6 Å². The van der Waals surface area contributed by atoms with E-state index in [9.17, 15) is 5.11 Å². The van der Waals surface area contributed by atoms with Gasteiger partial charge in [0.05, 0.1) is 6.20 Å². The van der Waals surface area contributed by atoms with E-state index in [0.29, 0.717) is 33.7 Å². The highest BCUT2D eigenvalue weighted by Gasteiger charge is 2.32. The smallest absolute Gasteiger partial charge is 0.222 e. The van der Waals surface area contributed by atoms with E-state index in [4.69, 9.17) is 22.6 Å². The number of nitriles is 1. The first-order chi connectivity index (χ1) is 12.9. The SMILES string of the molecule is CC(O)(c1ccc2c(c1)N(c1nc(N)ncc1Cl)CC2)c1nc(C#N)cs1. The number of anilines is 3. The van der Waals surface area contributed by atoms with Gasteiger partial charge in [-0.25, -0.2) is 9.97 Å². The van der Waals surface area contributed by atoms with E-state index >= 15 is 0 Å². The molecule has 0 radical (unpaired) electrons. The van der Waals surface area contributed by atoms with Crippen LogP contribution in [0.2, 0.25) is 5.02 Å². The lowest BCUT2D eigenvalue weighted by molar-refractivity contribution is 0.102. The van der Waals surface area contributed by atoms with Crippen molar-refractivity contribution in [2.24, 2.45) is 0 Å². The van der Waals surface area contributed by atoms with Gasteiger partial charge in [-0.05, 0) is 30.5 Å². The summed E-state index contributed by atoms with van der Waals surface area (Å²) in [5.41, 5.74) is 7.40. The summed E-state index contributed by atoms with van der Waals surface area (Å²) in [6.45, 7) is 2.37. The molecule has 2 aromatic heterocycles. The van der Waals surface area contributed by atoms with Crippen molar-refractivity contribution in [3.05, 3.63) is 56.6 Å². The molecule has 3 heterocycles. The minimum absolute atomic E-state index is 0.151. The number of rotatable bonds is 3. The third-order valence-electron chi connectivity index (χ3n) is 4.58. The number of thiazole rings is 1. The van der Waals surface area contributed by atoms with Crippen molar-refractivity contribution in [1.29, 1.82) is 5.26 Å². The molecule has 0 bridgehead atoms. The molecule has 0 amide bonds. The average Bonchev–Trinajstić information content (AvgIpc) is 3.30. The number of fused-ring (bicyclic) bond motifs is 1. The molecule has 1 aliphatic heterocycles. The van der Waals surface area contributed by atoms with E-state index in [1.54, 1.807) is 12.3 Å². The predicted octanol–water partition coefficient (Wildman–Crippen LogP) is 2.99. The Morgan fingerprint density at radius 3 is 2.96 bits per heavy atom. The molecule has 1 unspecified atom stereocenters. The van der Waals surface area contributed by atoms with Gasteiger partial charge in [0.2, 0.25) is 5.95 Å². The molecule has 1 aromatic carbocycles. The lowest BCUT2D eigenvalue weighted by Crippen LogP contribution is -2.23. The van der Waals surface area contributed by atoms with Crippen molar-refractivity contribution in [1.82, 2.24) is 15.0 Å². The highest BCUT2D eigenvalue weighted by atomic mass is 35.5. The van der Waals surface area contributed by atoms with Crippen LogP contribution in [-0.2, 0) is 12.0 Å². The number of benzene rings is 1. The normalized spacial score (nSPS) is 15.3.